The summed E-state index contributed by atoms with van der Waals surface area (Å²) >= 11 is 1.50. The Morgan fingerprint density at radius 3 is 2.86 bits per heavy atom. The highest BCUT2D eigenvalue weighted by atomic mass is 32.1. The fourth-order valence-corrected chi connectivity index (χ4v) is 3.43. The molecular weight excluding hydrogens is 294 g/mol. The third kappa shape index (κ3) is 2.76. The molecule has 3 rings (SSSR count). The van der Waals surface area contributed by atoms with Crippen molar-refractivity contribution in [3.8, 4) is 0 Å². The van der Waals surface area contributed by atoms with Crippen molar-refractivity contribution in [2.75, 3.05) is 5.32 Å². The van der Waals surface area contributed by atoms with Crippen LogP contribution in [0.3, 0.4) is 0 Å². The Morgan fingerprint density at radius 2 is 2.09 bits per heavy atom. The van der Waals surface area contributed by atoms with E-state index in [9.17, 15) is 4.79 Å². The first-order valence-corrected chi connectivity index (χ1v) is 8.24. The van der Waals surface area contributed by atoms with Gasteiger partial charge in [-0.05, 0) is 24.5 Å². The van der Waals surface area contributed by atoms with E-state index in [1.165, 1.54) is 16.9 Å². The molecule has 0 aliphatic heterocycles. The van der Waals surface area contributed by atoms with Crippen LogP contribution in [0.4, 0.5) is 5.69 Å². The van der Waals surface area contributed by atoms with Crippen LogP contribution in [0.15, 0.2) is 40.5 Å². The summed E-state index contributed by atoms with van der Waals surface area (Å²) in [6.45, 7) is 6.81. The lowest BCUT2D eigenvalue weighted by atomic mass is 10.0. The largest absolute Gasteiger partial charge is 0.379 e. The molecule has 0 aliphatic rings. The van der Waals surface area contributed by atoms with Crippen molar-refractivity contribution in [2.45, 2.75) is 33.2 Å². The van der Waals surface area contributed by atoms with Gasteiger partial charge in [0.25, 0.3) is 5.56 Å². The van der Waals surface area contributed by atoms with Crippen molar-refractivity contribution in [2.24, 2.45) is 0 Å². The van der Waals surface area contributed by atoms with Gasteiger partial charge >= 0.3 is 0 Å². The summed E-state index contributed by atoms with van der Waals surface area (Å²) in [6.07, 6.45) is 0. The van der Waals surface area contributed by atoms with Gasteiger partial charge in [0, 0.05) is 22.8 Å². The van der Waals surface area contributed by atoms with Crippen molar-refractivity contribution in [3.05, 3.63) is 63.0 Å². The number of aromatic nitrogens is 2. The molecule has 0 aliphatic carbocycles. The number of thiazole rings is 1. The summed E-state index contributed by atoms with van der Waals surface area (Å²) in [6, 6.07) is 9.86. The second-order valence-corrected chi connectivity index (χ2v) is 6.51. The van der Waals surface area contributed by atoms with Crippen LogP contribution in [0.5, 0.6) is 0 Å². The zero-order valence-electron chi connectivity index (χ0n) is 13.0. The normalized spacial score (nSPS) is 11.3. The molecule has 0 saturated heterocycles. The van der Waals surface area contributed by atoms with Crippen molar-refractivity contribution < 1.29 is 0 Å². The lowest BCUT2D eigenvalue weighted by Crippen LogP contribution is -2.16. The molecule has 114 valence electrons. The molecule has 0 radical (unpaired) electrons. The molecule has 4 nitrogen and oxygen atoms in total. The number of anilines is 1. The molecule has 0 unspecified atom stereocenters. The van der Waals surface area contributed by atoms with Gasteiger partial charge in [-0.2, -0.15) is 0 Å². The summed E-state index contributed by atoms with van der Waals surface area (Å²) in [5.74, 6) is 0.449. The number of nitrogens with zero attached hydrogens (tertiary/aromatic N) is 2. The molecule has 2 aromatic heterocycles. The van der Waals surface area contributed by atoms with Crippen molar-refractivity contribution in [3.63, 3.8) is 0 Å². The van der Waals surface area contributed by atoms with Gasteiger partial charge in [0.05, 0.1) is 12.2 Å². The Kier molecular flexibility index (Phi) is 3.98. The molecule has 0 atom stereocenters. The standard InChI is InChI=1S/C17H19N3OS/c1-11(2)14-6-4-5-7-15(14)18-9-13-8-16(21)20-12(3)10-22-17(20)19-13/h4-8,10-11,18H,9H2,1-3H3. The van der Waals surface area contributed by atoms with Crippen LogP contribution in [0.1, 0.15) is 36.7 Å². The quantitative estimate of drug-likeness (QED) is 0.797. The third-order valence-corrected chi connectivity index (χ3v) is 4.62. The molecular formula is C17H19N3OS. The number of nitrogens with one attached hydrogen (secondary N) is 1. The van der Waals surface area contributed by atoms with Gasteiger partial charge in [-0.3, -0.25) is 9.20 Å². The molecule has 0 bridgehead atoms. The summed E-state index contributed by atoms with van der Waals surface area (Å²) in [5.41, 5.74) is 4.05. The van der Waals surface area contributed by atoms with E-state index in [0.717, 1.165) is 22.0 Å². The topological polar surface area (TPSA) is 46.4 Å². The van der Waals surface area contributed by atoms with Gasteiger partial charge in [0.1, 0.15) is 0 Å². The molecule has 0 fully saturated rings. The first kappa shape index (κ1) is 14.8. The minimum atomic E-state index is -0.0160. The highest BCUT2D eigenvalue weighted by Crippen LogP contribution is 2.24. The number of hydrogen-bond donors (Lipinski definition) is 1. The summed E-state index contributed by atoms with van der Waals surface area (Å²) in [5, 5.41) is 5.36. The van der Waals surface area contributed by atoms with E-state index >= 15 is 0 Å². The molecule has 0 saturated carbocycles. The Bertz CT molecular complexity index is 864. The highest BCUT2D eigenvalue weighted by Gasteiger charge is 2.08. The van der Waals surface area contributed by atoms with Gasteiger partial charge < -0.3 is 5.32 Å². The van der Waals surface area contributed by atoms with Crippen LogP contribution >= 0.6 is 11.3 Å². The number of fused-ring (bicyclic) bond motifs is 1. The third-order valence-electron chi connectivity index (χ3n) is 3.67. The minimum absolute atomic E-state index is 0.0160. The van der Waals surface area contributed by atoms with Crippen LogP contribution in [-0.2, 0) is 6.54 Å². The van der Waals surface area contributed by atoms with Crippen molar-refractivity contribution in [1.29, 1.82) is 0 Å². The number of rotatable bonds is 4. The summed E-state index contributed by atoms with van der Waals surface area (Å²) < 4.78 is 1.65. The zero-order chi connectivity index (χ0) is 15.7. The summed E-state index contributed by atoms with van der Waals surface area (Å²) in [4.78, 5) is 17.5. The van der Waals surface area contributed by atoms with Gasteiger partial charge in [-0.1, -0.05) is 32.0 Å². The van der Waals surface area contributed by atoms with E-state index in [-0.39, 0.29) is 5.56 Å². The number of hydrogen-bond acceptors (Lipinski definition) is 4. The molecule has 22 heavy (non-hydrogen) atoms. The highest BCUT2D eigenvalue weighted by molar-refractivity contribution is 7.15. The van der Waals surface area contributed by atoms with E-state index in [0.29, 0.717) is 12.5 Å². The van der Waals surface area contributed by atoms with Crippen molar-refractivity contribution >= 4 is 22.0 Å². The number of benzene rings is 1. The molecule has 0 spiro atoms. The van der Waals surface area contributed by atoms with Crippen LogP contribution in [0.25, 0.3) is 4.96 Å². The van der Waals surface area contributed by atoms with Gasteiger partial charge in [0.2, 0.25) is 0 Å². The Balaban J connectivity index is 1.87. The fraction of sp³-hybridized carbons (Fsp3) is 0.294. The second-order valence-electron chi connectivity index (χ2n) is 5.68. The van der Waals surface area contributed by atoms with Crippen molar-refractivity contribution in [1.82, 2.24) is 9.38 Å². The van der Waals surface area contributed by atoms with Crippen LogP contribution < -0.4 is 10.9 Å². The number of para-hydroxylation sites is 1. The maximum Gasteiger partial charge on any atom is 0.259 e. The molecule has 3 aromatic rings. The van der Waals surface area contributed by atoms with Gasteiger partial charge in [-0.15, -0.1) is 11.3 Å². The fourth-order valence-electron chi connectivity index (χ4n) is 2.54. The Hall–Kier alpha value is -2.14. The maximum absolute atomic E-state index is 12.2. The molecule has 1 aromatic carbocycles. The van der Waals surface area contributed by atoms with Crippen LogP contribution in [0, 0.1) is 6.92 Å². The van der Waals surface area contributed by atoms with Gasteiger partial charge in [0.15, 0.2) is 4.96 Å². The SMILES string of the molecule is Cc1csc2nc(CNc3ccccc3C(C)C)cc(=O)n12. The molecule has 1 N–H and O–H groups in total. The van der Waals surface area contributed by atoms with E-state index in [1.54, 1.807) is 10.5 Å². The van der Waals surface area contributed by atoms with E-state index in [4.69, 9.17) is 0 Å². The molecule has 2 heterocycles. The smallest absolute Gasteiger partial charge is 0.259 e. The van der Waals surface area contributed by atoms with Crippen LogP contribution in [-0.4, -0.2) is 9.38 Å². The van der Waals surface area contributed by atoms with E-state index in [2.05, 4.69) is 36.3 Å². The molecule has 5 heteroatoms. The average Bonchev–Trinajstić information content (AvgIpc) is 2.87. The predicted molar refractivity (Wildman–Crippen MR) is 91.9 cm³/mol. The zero-order valence-corrected chi connectivity index (χ0v) is 13.8. The Morgan fingerprint density at radius 1 is 1.32 bits per heavy atom. The van der Waals surface area contributed by atoms with Crippen LogP contribution in [0.2, 0.25) is 0 Å². The average molecular weight is 313 g/mol. The lowest BCUT2D eigenvalue weighted by molar-refractivity contribution is 0.863. The first-order chi connectivity index (χ1) is 10.6. The number of aryl methyl sites for hydroxylation is 1. The monoisotopic (exact) mass is 313 g/mol. The van der Waals surface area contributed by atoms with E-state index in [1.807, 2.05) is 24.4 Å². The second kappa shape index (κ2) is 5.93. The Labute approximate surface area is 133 Å². The predicted octanol–water partition coefficient (Wildman–Crippen LogP) is 3.80. The minimum Gasteiger partial charge on any atom is -0.379 e. The summed E-state index contributed by atoms with van der Waals surface area (Å²) in [7, 11) is 0. The lowest BCUT2D eigenvalue weighted by Gasteiger charge is -2.14. The molecule has 0 amide bonds. The van der Waals surface area contributed by atoms with E-state index < -0.39 is 0 Å². The van der Waals surface area contributed by atoms with Gasteiger partial charge in [-0.25, -0.2) is 4.98 Å². The maximum atomic E-state index is 12.2. The first-order valence-electron chi connectivity index (χ1n) is 7.36.